The molecular weight excluding hydrogens is 676 g/mol. The molecule has 14 N–H and O–H groups in total. The van der Waals surface area contributed by atoms with E-state index in [1.807, 2.05) is 5.32 Å². The molecule has 0 fully saturated rings. The number of nitrogens with two attached hydrogens (primary N) is 3. The van der Waals surface area contributed by atoms with E-state index < -0.39 is 115 Å². The molecule has 0 aliphatic carbocycles. The van der Waals surface area contributed by atoms with Crippen molar-refractivity contribution in [3.63, 3.8) is 0 Å². The number of hydrogen-bond donors (Lipinski definition) is 11. The van der Waals surface area contributed by atoms with Gasteiger partial charge in [0, 0.05) is 12.8 Å². The van der Waals surface area contributed by atoms with Crippen LogP contribution in [-0.4, -0.2) is 111 Å². The highest BCUT2D eigenvalue weighted by Gasteiger charge is 2.33. The van der Waals surface area contributed by atoms with E-state index in [2.05, 4.69) is 21.3 Å². The minimum atomic E-state index is -1.78. The average Bonchev–Trinajstić information content (AvgIpc) is 3.05. The van der Waals surface area contributed by atoms with Gasteiger partial charge in [0.1, 0.15) is 30.2 Å². The number of unbranched alkanes of at least 4 members (excludes halogenated alkanes) is 1. The van der Waals surface area contributed by atoms with Gasteiger partial charge in [0.2, 0.25) is 35.4 Å². The van der Waals surface area contributed by atoms with Gasteiger partial charge < -0.3 is 59.1 Å². The molecule has 1 aromatic rings. The zero-order chi connectivity index (χ0) is 38.7. The Morgan fingerprint density at radius 3 is 1.75 bits per heavy atom. The highest BCUT2D eigenvalue weighted by molar-refractivity contribution is 5.97. The van der Waals surface area contributed by atoms with E-state index in [0.29, 0.717) is 24.9 Å². The molecule has 0 aromatic heterocycles. The Hall–Kier alpha value is -5.63. The summed E-state index contributed by atoms with van der Waals surface area (Å²) in [5.74, 6) is -10.4. The van der Waals surface area contributed by atoms with Gasteiger partial charge in [0.15, 0.2) is 0 Å². The molecule has 0 aliphatic rings. The minimum Gasteiger partial charge on any atom is -0.481 e. The number of nitrogens with one attached hydrogen (secondary N) is 5. The van der Waals surface area contributed by atoms with Crippen LogP contribution in [0.25, 0.3) is 0 Å². The molecular formula is C31H46N8O12. The molecule has 0 heterocycles. The second-order valence-electron chi connectivity index (χ2n) is 11.6. The summed E-state index contributed by atoms with van der Waals surface area (Å²) in [5.41, 5.74) is 16.9. The molecule has 20 nitrogen and oxygen atoms in total. The second kappa shape index (κ2) is 22.2. The van der Waals surface area contributed by atoms with E-state index in [4.69, 9.17) is 22.3 Å². The standard InChI is InChI=1S/C31H46N8O12/c1-16(26(45)36-19(10-11-24(41)42)28(47)39-22(31(50)51)14-23(34)40)35-29(48)20(13-17-7-3-2-4-8-17)38-30(49)21(15-25(43)44)37-27(46)18(33)9-5-6-12-32/h2-4,7-8,16,18-22H,5-6,9-15,32-33H2,1H3,(H2,34,40)(H,35,48)(H,36,45)(H,37,46)(H,38,49)(H,39,47)(H,41,42)(H,43,44)(H,50,51)/t16-,18-,19-,20-,21-,22-/m0/s1. The maximum absolute atomic E-state index is 13.5. The Bertz CT molecular complexity index is 1410. The number of benzene rings is 1. The molecule has 0 saturated heterocycles. The van der Waals surface area contributed by atoms with Crippen LogP contribution in [0.1, 0.15) is 57.4 Å². The molecule has 282 valence electrons. The van der Waals surface area contributed by atoms with Gasteiger partial charge in [-0.3, -0.25) is 38.4 Å². The maximum Gasteiger partial charge on any atom is 0.326 e. The van der Waals surface area contributed by atoms with Gasteiger partial charge in [-0.1, -0.05) is 36.8 Å². The van der Waals surface area contributed by atoms with Crippen LogP contribution in [0.2, 0.25) is 0 Å². The van der Waals surface area contributed by atoms with Gasteiger partial charge in [-0.05, 0) is 38.3 Å². The number of carboxylic acids is 3. The van der Waals surface area contributed by atoms with Crippen LogP contribution in [0, 0.1) is 0 Å². The third kappa shape index (κ3) is 17.0. The Kier molecular flexibility index (Phi) is 18.9. The van der Waals surface area contributed by atoms with Crippen LogP contribution in [0.3, 0.4) is 0 Å². The number of carbonyl (C=O) groups excluding carboxylic acids is 6. The third-order valence-corrected chi connectivity index (χ3v) is 7.29. The molecule has 1 rings (SSSR count). The van der Waals surface area contributed by atoms with Crippen molar-refractivity contribution in [1.82, 2.24) is 26.6 Å². The first kappa shape index (κ1) is 43.4. The summed E-state index contributed by atoms with van der Waals surface area (Å²) >= 11 is 0. The number of carboxylic acid groups (broad SMARTS) is 3. The molecule has 1 aromatic carbocycles. The largest absolute Gasteiger partial charge is 0.481 e. The minimum absolute atomic E-state index is 0.154. The van der Waals surface area contributed by atoms with Crippen molar-refractivity contribution < 1.29 is 58.5 Å². The maximum atomic E-state index is 13.5. The van der Waals surface area contributed by atoms with Gasteiger partial charge in [-0.15, -0.1) is 0 Å². The van der Waals surface area contributed by atoms with E-state index >= 15 is 0 Å². The van der Waals surface area contributed by atoms with Crippen molar-refractivity contribution >= 4 is 53.4 Å². The summed E-state index contributed by atoms with van der Waals surface area (Å²) in [6.07, 6.45) is -1.62. The molecule has 51 heavy (non-hydrogen) atoms. The number of rotatable bonds is 24. The van der Waals surface area contributed by atoms with Gasteiger partial charge in [-0.2, -0.15) is 0 Å². The molecule has 20 heteroatoms. The summed E-state index contributed by atoms with van der Waals surface area (Å²) in [5, 5.41) is 39.1. The van der Waals surface area contributed by atoms with E-state index in [-0.39, 0.29) is 12.8 Å². The van der Waals surface area contributed by atoms with Crippen molar-refractivity contribution in [3.05, 3.63) is 35.9 Å². The van der Waals surface area contributed by atoms with Crippen molar-refractivity contribution in [2.24, 2.45) is 17.2 Å². The lowest BCUT2D eigenvalue weighted by atomic mass is 10.0. The average molecular weight is 723 g/mol. The lowest BCUT2D eigenvalue weighted by molar-refractivity contribution is -0.144. The molecule has 0 bridgehead atoms. The lowest BCUT2D eigenvalue weighted by Gasteiger charge is -2.26. The Morgan fingerprint density at radius 1 is 0.647 bits per heavy atom. The van der Waals surface area contributed by atoms with Crippen molar-refractivity contribution in [2.45, 2.75) is 94.5 Å². The van der Waals surface area contributed by atoms with Crippen LogP contribution >= 0.6 is 0 Å². The van der Waals surface area contributed by atoms with Crippen LogP contribution in [0.5, 0.6) is 0 Å². The number of amides is 6. The van der Waals surface area contributed by atoms with Crippen LogP contribution in [0.4, 0.5) is 0 Å². The molecule has 0 spiro atoms. The third-order valence-electron chi connectivity index (χ3n) is 7.29. The Morgan fingerprint density at radius 2 is 1.20 bits per heavy atom. The predicted octanol–water partition coefficient (Wildman–Crippen LogP) is -3.57. The molecule has 6 amide bonds. The van der Waals surface area contributed by atoms with E-state index in [0.717, 1.165) is 0 Å². The number of hydrogen-bond acceptors (Lipinski definition) is 11. The van der Waals surface area contributed by atoms with Crippen LogP contribution in [0.15, 0.2) is 30.3 Å². The summed E-state index contributed by atoms with van der Waals surface area (Å²) in [4.78, 5) is 111. The zero-order valence-electron chi connectivity index (χ0n) is 28.0. The fourth-order valence-corrected chi connectivity index (χ4v) is 4.52. The normalized spacial score (nSPS) is 14.3. The van der Waals surface area contributed by atoms with Gasteiger partial charge in [0.05, 0.1) is 18.9 Å². The zero-order valence-corrected chi connectivity index (χ0v) is 28.0. The smallest absolute Gasteiger partial charge is 0.326 e. The summed E-state index contributed by atoms with van der Waals surface area (Å²) < 4.78 is 0. The molecule has 0 unspecified atom stereocenters. The molecule has 0 radical (unpaired) electrons. The first-order valence-corrected chi connectivity index (χ1v) is 15.9. The molecule has 0 saturated carbocycles. The topological polar surface area (TPSA) is 353 Å². The predicted molar refractivity (Wildman–Crippen MR) is 177 cm³/mol. The molecule has 0 aliphatic heterocycles. The number of primary amides is 1. The van der Waals surface area contributed by atoms with Crippen LogP contribution in [-0.2, 0) is 49.6 Å². The van der Waals surface area contributed by atoms with Gasteiger partial charge in [0.25, 0.3) is 0 Å². The van der Waals surface area contributed by atoms with E-state index in [1.54, 1.807) is 30.3 Å². The van der Waals surface area contributed by atoms with E-state index in [1.165, 1.54) is 6.92 Å². The number of carbonyl (C=O) groups is 9. The summed E-state index contributed by atoms with van der Waals surface area (Å²) in [6.45, 7) is 1.57. The van der Waals surface area contributed by atoms with Crippen molar-refractivity contribution in [3.8, 4) is 0 Å². The number of aliphatic carboxylic acids is 3. The lowest BCUT2D eigenvalue weighted by Crippen LogP contribution is -2.59. The van der Waals surface area contributed by atoms with Crippen molar-refractivity contribution in [2.75, 3.05) is 6.54 Å². The Labute approximate surface area is 292 Å². The SMILES string of the molecule is C[C@H](NC(=O)[C@H](Cc1ccccc1)NC(=O)[C@H](CC(=O)O)NC(=O)[C@@H](N)CCCCN)C(=O)N[C@@H](CCC(=O)O)C(=O)N[C@@H](CC(N)=O)C(=O)O. The Balaban J connectivity index is 3.18. The monoisotopic (exact) mass is 722 g/mol. The quantitative estimate of drug-likeness (QED) is 0.0460. The van der Waals surface area contributed by atoms with Crippen molar-refractivity contribution in [1.29, 1.82) is 0 Å². The van der Waals surface area contributed by atoms with Crippen LogP contribution < -0.4 is 43.8 Å². The summed E-state index contributed by atoms with van der Waals surface area (Å²) in [7, 11) is 0. The fourth-order valence-electron chi connectivity index (χ4n) is 4.52. The van der Waals surface area contributed by atoms with Gasteiger partial charge in [-0.25, -0.2) is 4.79 Å². The summed E-state index contributed by atoms with van der Waals surface area (Å²) in [6, 6.07) is -0.700. The second-order valence-corrected chi connectivity index (χ2v) is 11.6. The van der Waals surface area contributed by atoms with E-state index in [9.17, 15) is 53.4 Å². The first-order valence-electron chi connectivity index (χ1n) is 15.9. The highest BCUT2D eigenvalue weighted by atomic mass is 16.4. The first-order chi connectivity index (χ1) is 23.9. The highest BCUT2D eigenvalue weighted by Crippen LogP contribution is 2.07. The fraction of sp³-hybridized carbons (Fsp3) is 0.516. The molecule has 6 atom stereocenters. The van der Waals surface area contributed by atoms with Gasteiger partial charge >= 0.3 is 17.9 Å².